The molecule has 0 aromatic heterocycles. The molecule has 33 heavy (non-hydrogen) atoms. The van der Waals surface area contributed by atoms with E-state index in [1.165, 1.54) is 11.8 Å². The van der Waals surface area contributed by atoms with Gasteiger partial charge >= 0.3 is 0 Å². The van der Waals surface area contributed by atoms with Crippen LogP contribution in [0.25, 0.3) is 0 Å². The van der Waals surface area contributed by atoms with Crippen molar-refractivity contribution in [2.45, 2.75) is 11.8 Å². The zero-order valence-corrected chi connectivity index (χ0v) is 20.4. The van der Waals surface area contributed by atoms with Crippen LogP contribution in [0.1, 0.15) is 6.92 Å². The molecule has 0 radical (unpaired) electrons. The molecule has 0 spiro atoms. The molecule has 5 nitrogen and oxygen atoms in total. The smallest absolute Gasteiger partial charge is 0.274 e. The molecule has 0 aliphatic carbocycles. The van der Waals surface area contributed by atoms with E-state index >= 15 is 0 Å². The van der Waals surface area contributed by atoms with Crippen molar-refractivity contribution in [1.82, 2.24) is 0 Å². The average molecular weight is 494 g/mol. The third-order valence-electron chi connectivity index (χ3n) is 5.27. The summed E-state index contributed by atoms with van der Waals surface area (Å²) in [5.74, 6) is 0.708. The summed E-state index contributed by atoms with van der Waals surface area (Å²) in [6.07, 6.45) is 0. The van der Waals surface area contributed by atoms with Crippen LogP contribution in [0.15, 0.2) is 92.6 Å². The van der Waals surface area contributed by atoms with Crippen molar-refractivity contribution in [2.24, 2.45) is 4.99 Å². The van der Waals surface area contributed by atoms with Crippen LogP contribution >= 0.6 is 35.1 Å². The highest BCUT2D eigenvalue weighted by molar-refractivity contribution is 8.20. The lowest BCUT2D eigenvalue weighted by Gasteiger charge is -2.19. The molecule has 0 bridgehead atoms. The fourth-order valence-corrected chi connectivity index (χ4v) is 6.18. The highest BCUT2D eigenvalue weighted by Crippen LogP contribution is 2.52. The van der Waals surface area contributed by atoms with E-state index < -0.39 is 0 Å². The number of anilines is 2. The lowest BCUT2D eigenvalue weighted by atomic mass is 10.2. The number of para-hydroxylation sites is 1. The quantitative estimate of drug-likeness (QED) is 0.369. The van der Waals surface area contributed by atoms with Gasteiger partial charge in [-0.1, -0.05) is 41.6 Å². The largest absolute Gasteiger partial charge is 0.497 e. The van der Waals surface area contributed by atoms with Gasteiger partial charge in [-0.2, -0.15) is 0 Å². The van der Waals surface area contributed by atoms with Crippen molar-refractivity contribution in [3.63, 3.8) is 0 Å². The summed E-state index contributed by atoms with van der Waals surface area (Å²) in [5, 5.41) is 2.17. The number of amidine groups is 1. The number of ether oxygens (including phenoxy) is 1. The van der Waals surface area contributed by atoms with E-state index in [-0.39, 0.29) is 5.91 Å². The van der Waals surface area contributed by atoms with Crippen molar-refractivity contribution in [3.8, 4) is 5.75 Å². The van der Waals surface area contributed by atoms with Gasteiger partial charge in [0.05, 0.1) is 24.2 Å². The van der Waals surface area contributed by atoms with Crippen molar-refractivity contribution >= 4 is 63.3 Å². The van der Waals surface area contributed by atoms with E-state index in [2.05, 4.69) is 11.8 Å². The molecule has 2 aliphatic rings. The first-order chi connectivity index (χ1) is 16.1. The predicted octanol–water partition coefficient (Wildman–Crippen LogP) is 6.92. The molecule has 3 aromatic carbocycles. The second-order valence-electron chi connectivity index (χ2n) is 7.26. The summed E-state index contributed by atoms with van der Waals surface area (Å²) in [6.45, 7) is 2.81. The van der Waals surface area contributed by atoms with E-state index in [9.17, 15) is 4.79 Å². The summed E-state index contributed by atoms with van der Waals surface area (Å²) in [6, 6.07) is 22.9. The van der Waals surface area contributed by atoms with E-state index in [1.807, 2.05) is 60.7 Å². The Morgan fingerprint density at radius 1 is 1.00 bits per heavy atom. The number of hydrogen-bond donors (Lipinski definition) is 0. The van der Waals surface area contributed by atoms with E-state index in [0.717, 1.165) is 39.3 Å². The van der Waals surface area contributed by atoms with Crippen LogP contribution in [0.2, 0.25) is 5.02 Å². The lowest BCUT2D eigenvalue weighted by molar-refractivity contribution is -0.113. The molecule has 0 atom stereocenters. The normalized spacial score (nSPS) is 18.9. The zero-order valence-electron chi connectivity index (χ0n) is 18.0. The fraction of sp³-hybridized carbons (Fsp3) is 0.120. The van der Waals surface area contributed by atoms with E-state index in [1.54, 1.807) is 35.9 Å². The Morgan fingerprint density at radius 2 is 1.76 bits per heavy atom. The predicted molar refractivity (Wildman–Crippen MR) is 139 cm³/mol. The third-order valence-corrected chi connectivity index (χ3v) is 7.86. The van der Waals surface area contributed by atoms with Crippen LogP contribution in [-0.2, 0) is 4.79 Å². The zero-order chi connectivity index (χ0) is 22.9. The molecule has 8 heteroatoms. The second-order valence-corrected chi connectivity index (χ2v) is 9.71. The molecular weight excluding hydrogens is 474 g/mol. The van der Waals surface area contributed by atoms with Crippen LogP contribution in [0, 0.1) is 0 Å². The third kappa shape index (κ3) is 4.12. The van der Waals surface area contributed by atoms with Gasteiger partial charge < -0.3 is 9.64 Å². The van der Waals surface area contributed by atoms with E-state index in [0.29, 0.717) is 15.1 Å². The number of carbonyl (C=O) groups is 1. The summed E-state index contributed by atoms with van der Waals surface area (Å²) >= 11 is 9.04. The van der Waals surface area contributed by atoms with Gasteiger partial charge in [0.2, 0.25) is 0 Å². The van der Waals surface area contributed by atoms with Gasteiger partial charge in [-0.15, -0.1) is 0 Å². The van der Waals surface area contributed by atoms with Gasteiger partial charge in [0, 0.05) is 22.5 Å². The van der Waals surface area contributed by atoms with Gasteiger partial charge in [0.15, 0.2) is 5.17 Å². The molecule has 1 fully saturated rings. The Morgan fingerprint density at radius 3 is 2.45 bits per heavy atom. The van der Waals surface area contributed by atoms with E-state index in [4.69, 9.17) is 21.3 Å². The molecular formula is C25H20ClN3O2S2. The minimum Gasteiger partial charge on any atom is -0.497 e. The standard InChI is InChI=1S/C25H20ClN3O2S2/c1-3-28-20-15-19(31-2)13-14-21(20)32-24(28)22-23(30)29(18-7-5-4-6-8-18)25(33-22)27-17-11-9-16(26)10-12-17/h4-15H,3H2,1-2H3/b24-22+,27-25?. The number of halogens is 1. The Bertz CT molecular complexity index is 1280. The number of fused-ring (bicyclic) bond motifs is 1. The highest BCUT2D eigenvalue weighted by atomic mass is 35.5. The average Bonchev–Trinajstić information content (AvgIpc) is 3.37. The molecule has 2 aliphatic heterocycles. The topological polar surface area (TPSA) is 45.1 Å². The van der Waals surface area contributed by atoms with Crippen LogP contribution in [0.3, 0.4) is 0 Å². The van der Waals surface area contributed by atoms with Gasteiger partial charge in [-0.05, 0) is 67.2 Å². The first-order valence-electron chi connectivity index (χ1n) is 10.4. The Labute approximate surface area is 206 Å². The number of thioether (sulfide) groups is 2. The fourth-order valence-electron chi connectivity index (χ4n) is 3.68. The molecule has 3 aromatic rings. The van der Waals surface area contributed by atoms with Crippen LogP contribution in [-0.4, -0.2) is 24.7 Å². The number of benzene rings is 3. The molecule has 1 amide bonds. The Kier molecular flexibility index (Phi) is 6.10. The van der Waals surface area contributed by atoms with Crippen molar-refractivity contribution < 1.29 is 9.53 Å². The molecule has 166 valence electrons. The maximum absolute atomic E-state index is 13.8. The van der Waals surface area contributed by atoms with Crippen LogP contribution in [0.5, 0.6) is 5.75 Å². The number of aliphatic imine (C=N–C) groups is 1. The summed E-state index contributed by atoms with van der Waals surface area (Å²) < 4.78 is 5.42. The summed E-state index contributed by atoms with van der Waals surface area (Å²) in [5.41, 5.74) is 2.57. The van der Waals surface area contributed by atoms with Crippen molar-refractivity contribution in [1.29, 1.82) is 0 Å². The minimum atomic E-state index is -0.0837. The first-order valence-corrected chi connectivity index (χ1v) is 12.4. The number of carbonyl (C=O) groups excluding carboxylic acids is 1. The second kappa shape index (κ2) is 9.17. The van der Waals surface area contributed by atoms with Crippen LogP contribution < -0.4 is 14.5 Å². The molecule has 1 saturated heterocycles. The molecule has 0 saturated carbocycles. The van der Waals surface area contributed by atoms with Gasteiger partial charge in [0.25, 0.3) is 5.91 Å². The van der Waals surface area contributed by atoms with Gasteiger partial charge in [0.1, 0.15) is 15.7 Å². The SMILES string of the molecule is CCN1/C(=C2\SC(=Nc3ccc(Cl)cc3)N(c3ccccc3)C2=O)Sc2ccc(OC)cc21. The monoisotopic (exact) mass is 493 g/mol. The lowest BCUT2D eigenvalue weighted by Crippen LogP contribution is -2.29. The molecule has 5 rings (SSSR count). The van der Waals surface area contributed by atoms with Gasteiger partial charge in [-0.25, -0.2) is 4.99 Å². The first kappa shape index (κ1) is 21.9. The number of rotatable bonds is 4. The maximum Gasteiger partial charge on any atom is 0.274 e. The minimum absolute atomic E-state index is 0.0837. The molecule has 2 heterocycles. The number of hydrogen-bond acceptors (Lipinski definition) is 6. The Balaban J connectivity index is 1.61. The molecule has 0 N–H and O–H groups in total. The number of amides is 1. The number of methoxy groups -OCH3 is 1. The van der Waals surface area contributed by atoms with Gasteiger partial charge in [-0.3, -0.25) is 9.69 Å². The number of nitrogens with zero attached hydrogens (tertiary/aromatic N) is 3. The van der Waals surface area contributed by atoms with Crippen LogP contribution in [0.4, 0.5) is 17.1 Å². The summed E-state index contributed by atoms with van der Waals surface area (Å²) in [7, 11) is 1.66. The highest BCUT2D eigenvalue weighted by Gasteiger charge is 2.40. The van der Waals surface area contributed by atoms with Crippen molar-refractivity contribution in [2.75, 3.05) is 23.5 Å². The maximum atomic E-state index is 13.8. The summed E-state index contributed by atoms with van der Waals surface area (Å²) in [4.78, 5) is 24.2. The molecule has 0 unspecified atom stereocenters. The Hall–Kier alpha value is -2.87. The van der Waals surface area contributed by atoms with Crippen molar-refractivity contribution in [3.05, 3.63) is 87.8 Å².